The first-order valence-corrected chi connectivity index (χ1v) is 6.01. The van der Waals surface area contributed by atoms with Gasteiger partial charge in [-0.2, -0.15) is 0 Å². The molecule has 0 spiro atoms. The monoisotopic (exact) mass is 279 g/mol. The van der Waals surface area contributed by atoms with E-state index in [1.807, 2.05) is 0 Å². The molecule has 0 saturated heterocycles. The molecule has 0 aliphatic carbocycles. The summed E-state index contributed by atoms with van der Waals surface area (Å²) in [6.45, 7) is 2.82. The van der Waals surface area contributed by atoms with Crippen LogP contribution in [0.5, 0.6) is 5.75 Å². The highest BCUT2D eigenvalue weighted by molar-refractivity contribution is 5.94. The summed E-state index contributed by atoms with van der Waals surface area (Å²) in [6, 6.07) is 4.79. The third-order valence-corrected chi connectivity index (χ3v) is 2.73. The first kappa shape index (κ1) is 15.7. The molecular formula is C14H17NO5. The van der Waals surface area contributed by atoms with Crippen LogP contribution >= 0.6 is 0 Å². The first-order valence-electron chi connectivity index (χ1n) is 6.01. The molecule has 0 aromatic heterocycles. The van der Waals surface area contributed by atoms with Gasteiger partial charge in [-0.05, 0) is 32.0 Å². The molecular weight excluding hydrogens is 262 g/mol. The Morgan fingerprint density at radius 3 is 2.45 bits per heavy atom. The quantitative estimate of drug-likeness (QED) is 0.615. The van der Waals surface area contributed by atoms with Crippen LogP contribution in [0.15, 0.2) is 18.2 Å². The SMILES string of the molecule is COc1ccc(C(C)=O)cc1CC(=O)O[C@@H](C)C(N)=O. The molecule has 0 aliphatic heterocycles. The number of esters is 1. The van der Waals surface area contributed by atoms with Crippen molar-refractivity contribution in [2.75, 3.05) is 7.11 Å². The lowest BCUT2D eigenvalue weighted by Crippen LogP contribution is -2.31. The Bertz CT molecular complexity index is 538. The van der Waals surface area contributed by atoms with Gasteiger partial charge in [0.1, 0.15) is 5.75 Å². The maximum absolute atomic E-state index is 11.7. The molecule has 0 aliphatic rings. The lowest BCUT2D eigenvalue weighted by molar-refractivity contribution is -0.153. The topological polar surface area (TPSA) is 95.7 Å². The lowest BCUT2D eigenvalue weighted by Gasteiger charge is -2.12. The number of benzene rings is 1. The van der Waals surface area contributed by atoms with Gasteiger partial charge in [0, 0.05) is 11.1 Å². The number of carbonyl (C=O) groups excluding carboxylic acids is 3. The van der Waals surface area contributed by atoms with Crippen molar-refractivity contribution in [1.82, 2.24) is 0 Å². The Labute approximate surface area is 116 Å². The molecule has 0 fully saturated rings. The number of hydrogen-bond donors (Lipinski definition) is 1. The second kappa shape index (κ2) is 6.70. The standard InChI is InChI=1S/C14H17NO5/c1-8(16)10-4-5-12(19-3)11(6-10)7-13(17)20-9(2)14(15)18/h4-6,9H,7H2,1-3H3,(H2,15,18)/t9-/m0/s1. The second-order valence-corrected chi connectivity index (χ2v) is 4.29. The molecule has 0 bridgehead atoms. The molecule has 0 radical (unpaired) electrons. The van der Waals surface area contributed by atoms with Crippen LogP contribution in [0.25, 0.3) is 0 Å². The van der Waals surface area contributed by atoms with Crippen LogP contribution in [-0.4, -0.2) is 30.9 Å². The van der Waals surface area contributed by atoms with Crippen LogP contribution in [0.1, 0.15) is 29.8 Å². The van der Waals surface area contributed by atoms with Crippen molar-refractivity contribution < 1.29 is 23.9 Å². The summed E-state index contributed by atoms with van der Waals surface area (Å²) >= 11 is 0. The number of amides is 1. The number of methoxy groups -OCH3 is 1. The molecule has 1 aromatic carbocycles. The molecule has 0 heterocycles. The first-order chi connectivity index (χ1) is 9.35. The highest BCUT2D eigenvalue weighted by Gasteiger charge is 2.17. The summed E-state index contributed by atoms with van der Waals surface area (Å²) in [6.07, 6.45) is -1.11. The van der Waals surface area contributed by atoms with Crippen molar-refractivity contribution in [2.24, 2.45) is 5.73 Å². The van der Waals surface area contributed by atoms with Gasteiger partial charge >= 0.3 is 5.97 Å². The van der Waals surface area contributed by atoms with E-state index in [0.29, 0.717) is 16.9 Å². The summed E-state index contributed by atoms with van der Waals surface area (Å²) in [5.41, 5.74) is 6.00. The van der Waals surface area contributed by atoms with E-state index >= 15 is 0 Å². The number of Topliss-reactive ketones (excluding diaryl/α,β-unsaturated/α-hetero) is 1. The fraction of sp³-hybridized carbons (Fsp3) is 0.357. The number of ether oxygens (including phenoxy) is 2. The van der Waals surface area contributed by atoms with Crippen LogP contribution in [0, 0.1) is 0 Å². The van der Waals surface area contributed by atoms with Gasteiger partial charge in [0.2, 0.25) is 0 Å². The normalized spacial score (nSPS) is 11.6. The number of rotatable bonds is 6. The fourth-order valence-corrected chi connectivity index (χ4v) is 1.59. The van der Waals surface area contributed by atoms with E-state index in [1.165, 1.54) is 21.0 Å². The van der Waals surface area contributed by atoms with Crippen LogP contribution in [0.4, 0.5) is 0 Å². The Balaban J connectivity index is 2.89. The van der Waals surface area contributed by atoms with E-state index in [9.17, 15) is 14.4 Å². The smallest absolute Gasteiger partial charge is 0.311 e. The highest BCUT2D eigenvalue weighted by Crippen LogP contribution is 2.21. The Hall–Kier alpha value is -2.37. The molecule has 0 saturated carbocycles. The molecule has 6 nitrogen and oxygen atoms in total. The van der Waals surface area contributed by atoms with Crippen LogP contribution in [-0.2, 0) is 20.7 Å². The third kappa shape index (κ3) is 4.08. The van der Waals surface area contributed by atoms with Gasteiger partial charge in [0.25, 0.3) is 5.91 Å². The average molecular weight is 279 g/mol. The van der Waals surface area contributed by atoms with Crippen molar-refractivity contribution in [1.29, 1.82) is 0 Å². The van der Waals surface area contributed by atoms with Gasteiger partial charge in [-0.25, -0.2) is 0 Å². The molecule has 1 atom stereocenters. The van der Waals surface area contributed by atoms with E-state index < -0.39 is 18.0 Å². The predicted octanol–water partition coefficient (Wildman–Crippen LogP) is 0.857. The molecule has 1 aromatic rings. The lowest BCUT2D eigenvalue weighted by atomic mass is 10.0. The van der Waals surface area contributed by atoms with Gasteiger partial charge in [0.05, 0.1) is 13.5 Å². The van der Waals surface area contributed by atoms with Crippen LogP contribution in [0.3, 0.4) is 0 Å². The number of nitrogens with two attached hydrogens (primary N) is 1. The molecule has 2 N–H and O–H groups in total. The minimum absolute atomic E-state index is 0.109. The van der Waals surface area contributed by atoms with Gasteiger partial charge in [-0.3, -0.25) is 14.4 Å². The molecule has 1 amide bonds. The Morgan fingerprint density at radius 1 is 1.30 bits per heavy atom. The maximum Gasteiger partial charge on any atom is 0.311 e. The number of carbonyl (C=O) groups is 3. The Morgan fingerprint density at radius 2 is 1.95 bits per heavy atom. The van der Waals surface area contributed by atoms with Gasteiger partial charge in [-0.1, -0.05) is 0 Å². The fourth-order valence-electron chi connectivity index (χ4n) is 1.59. The van der Waals surface area contributed by atoms with Gasteiger partial charge in [0.15, 0.2) is 11.9 Å². The molecule has 20 heavy (non-hydrogen) atoms. The van der Waals surface area contributed by atoms with E-state index in [1.54, 1.807) is 18.2 Å². The van der Waals surface area contributed by atoms with Crippen molar-refractivity contribution in [3.8, 4) is 5.75 Å². The van der Waals surface area contributed by atoms with Crippen LogP contribution < -0.4 is 10.5 Å². The zero-order valence-corrected chi connectivity index (χ0v) is 11.6. The Kier molecular flexibility index (Phi) is 5.25. The largest absolute Gasteiger partial charge is 0.496 e. The van der Waals surface area contributed by atoms with E-state index in [-0.39, 0.29) is 12.2 Å². The third-order valence-electron chi connectivity index (χ3n) is 2.73. The number of hydrogen-bond acceptors (Lipinski definition) is 5. The van der Waals surface area contributed by atoms with Crippen molar-refractivity contribution in [3.63, 3.8) is 0 Å². The van der Waals surface area contributed by atoms with Crippen molar-refractivity contribution in [3.05, 3.63) is 29.3 Å². The van der Waals surface area contributed by atoms with E-state index in [2.05, 4.69) is 0 Å². The van der Waals surface area contributed by atoms with Gasteiger partial charge < -0.3 is 15.2 Å². The maximum atomic E-state index is 11.7. The number of ketones is 1. The molecule has 1 rings (SSSR count). The van der Waals surface area contributed by atoms with Gasteiger partial charge in [-0.15, -0.1) is 0 Å². The summed E-state index contributed by atoms with van der Waals surface area (Å²) in [5.74, 6) is -0.982. The minimum Gasteiger partial charge on any atom is -0.496 e. The van der Waals surface area contributed by atoms with Crippen LogP contribution in [0.2, 0.25) is 0 Å². The second-order valence-electron chi connectivity index (χ2n) is 4.29. The number of primary amides is 1. The minimum atomic E-state index is -0.996. The predicted molar refractivity (Wildman–Crippen MR) is 71.5 cm³/mol. The average Bonchev–Trinajstić information content (AvgIpc) is 2.38. The molecule has 0 unspecified atom stereocenters. The summed E-state index contributed by atoms with van der Waals surface area (Å²) < 4.78 is 9.98. The van der Waals surface area contributed by atoms with Crippen molar-refractivity contribution in [2.45, 2.75) is 26.4 Å². The summed E-state index contributed by atoms with van der Waals surface area (Å²) in [4.78, 5) is 33.9. The van der Waals surface area contributed by atoms with E-state index in [4.69, 9.17) is 15.2 Å². The highest BCUT2D eigenvalue weighted by atomic mass is 16.5. The molecule has 6 heteroatoms. The van der Waals surface area contributed by atoms with Crippen molar-refractivity contribution >= 4 is 17.7 Å². The van der Waals surface area contributed by atoms with E-state index in [0.717, 1.165) is 0 Å². The zero-order valence-electron chi connectivity index (χ0n) is 11.6. The molecule has 108 valence electrons. The summed E-state index contributed by atoms with van der Waals surface area (Å²) in [7, 11) is 1.46. The summed E-state index contributed by atoms with van der Waals surface area (Å²) in [5, 5.41) is 0. The zero-order chi connectivity index (χ0) is 15.3.